The Kier molecular flexibility index (Phi) is 5.70. The van der Waals surface area contributed by atoms with Crippen molar-refractivity contribution in [3.63, 3.8) is 0 Å². The number of carbonyl (C=O) groups excluding carboxylic acids is 1. The maximum absolute atomic E-state index is 13.2. The first kappa shape index (κ1) is 22.4. The number of pyridine rings is 2. The van der Waals surface area contributed by atoms with Crippen LogP contribution in [0.5, 0.6) is 0 Å². The Morgan fingerprint density at radius 2 is 1.69 bits per heavy atom. The Labute approximate surface area is 211 Å². The molecule has 1 amide bonds. The summed E-state index contributed by atoms with van der Waals surface area (Å²) in [5, 5.41) is 4.42. The Morgan fingerprint density at radius 3 is 2.50 bits per heavy atom. The highest BCUT2D eigenvalue weighted by Crippen LogP contribution is 2.35. The van der Waals surface area contributed by atoms with Gasteiger partial charge in [0.15, 0.2) is 5.65 Å². The third-order valence-electron chi connectivity index (χ3n) is 6.58. The van der Waals surface area contributed by atoms with Crippen molar-refractivity contribution in [3.05, 3.63) is 87.8 Å². The molecule has 0 spiro atoms. The number of aromatic nitrogens is 4. The minimum Gasteiger partial charge on any atom is -0.349 e. The molecule has 0 radical (unpaired) electrons. The van der Waals surface area contributed by atoms with E-state index in [2.05, 4.69) is 15.3 Å². The molecular weight excluding hydrogens is 474 g/mol. The van der Waals surface area contributed by atoms with Crippen LogP contribution in [0.15, 0.2) is 71.7 Å². The summed E-state index contributed by atoms with van der Waals surface area (Å²) >= 11 is 6.60. The Hall–Kier alpha value is -4.10. The number of halogens is 1. The number of nitrogens with one attached hydrogen (secondary N) is 2. The van der Waals surface area contributed by atoms with Crippen LogP contribution in [0.4, 0.5) is 0 Å². The predicted octanol–water partition coefficient (Wildman–Crippen LogP) is 5.53. The van der Waals surface area contributed by atoms with Crippen molar-refractivity contribution in [1.82, 2.24) is 25.3 Å². The van der Waals surface area contributed by atoms with Gasteiger partial charge in [0.2, 0.25) is 5.56 Å². The smallest absolute Gasteiger partial charge is 0.254 e. The Balaban J connectivity index is 1.60. The summed E-state index contributed by atoms with van der Waals surface area (Å²) < 4.78 is 0. The summed E-state index contributed by atoms with van der Waals surface area (Å²) in [7, 11) is 0. The zero-order chi connectivity index (χ0) is 24.6. The molecular formula is C28H22ClN5O2. The SMILES string of the molecule is O=C(NC1CCCC1)c1cc(=O)[nH]c2nc(-c3ccccc3)c(-c3cc(Cl)c4ncccc4c3)nc12. The molecule has 0 unspecified atom stereocenters. The molecule has 3 heterocycles. The van der Waals surface area contributed by atoms with Crippen LogP contribution in [0.1, 0.15) is 36.0 Å². The number of fused-ring (bicyclic) bond motifs is 2. The van der Waals surface area contributed by atoms with Crippen LogP contribution < -0.4 is 10.9 Å². The fraction of sp³-hybridized carbons (Fsp3) is 0.179. The third-order valence-corrected chi connectivity index (χ3v) is 6.87. The number of amides is 1. The molecule has 2 aromatic carbocycles. The van der Waals surface area contributed by atoms with E-state index >= 15 is 0 Å². The van der Waals surface area contributed by atoms with Crippen LogP contribution in [-0.2, 0) is 0 Å². The van der Waals surface area contributed by atoms with Crippen molar-refractivity contribution in [3.8, 4) is 22.5 Å². The molecule has 1 aliphatic rings. The summed E-state index contributed by atoms with van der Waals surface area (Å²) in [5.74, 6) is -0.313. The molecule has 3 aromatic heterocycles. The van der Waals surface area contributed by atoms with E-state index in [1.807, 2.05) is 54.6 Å². The summed E-state index contributed by atoms with van der Waals surface area (Å²) in [6, 6.07) is 18.6. The van der Waals surface area contributed by atoms with Gasteiger partial charge in [-0.25, -0.2) is 9.97 Å². The highest BCUT2D eigenvalue weighted by atomic mass is 35.5. The minimum absolute atomic E-state index is 0.106. The van der Waals surface area contributed by atoms with Gasteiger partial charge in [0.05, 0.1) is 27.5 Å². The largest absolute Gasteiger partial charge is 0.349 e. The molecule has 0 bridgehead atoms. The van der Waals surface area contributed by atoms with Gasteiger partial charge in [-0.3, -0.25) is 14.6 Å². The molecule has 2 N–H and O–H groups in total. The van der Waals surface area contributed by atoms with Gasteiger partial charge in [0, 0.05) is 34.8 Å². The van der Waals surface area contributed by atoms with Gasteiger partial charge >= 0.3 is 0 Å². The fourth-order valence-corrected chi connectivity index (χ4v) is 5.13. The fourth-order valence-electron chi connectivity index (χ4n) is 4.85. The van der Waals surface area contributed by atoms with E-state index in [0.29, 0.717) is 27.4 Å². The molecule has 0 atom stereocenters. The number of hydrogen-bond donors (Lipinski definition) is 2. The van der Waals surface area contributed by atoms with Crippen molar-refractivity contribution in [2.45, 2.75) is 31.7 Å². The topological polar surface area (TPSA) is 101 Å². The van der Waals surface area contributed by atoms with E-state index in [9.17, 15) is 9.59 Å². The Morgan fingerprint density at radius 1 is 0.917 bits per heavy atom. The number of carbonyl (C=O) groups is 1. The molecule has 1 saturated carbocycles. The van der Waals surface area contributed by atoms with Crippen LogP contribution in [0.25, 0.3) is 44.6 Å². The predicted molar refractivity (Wildman–Crippen MR) is 141 cm³/mol. The van der Waals surface area contributed by atoms with E-state index < -0.39 is 5.56 Å². The monoisotopic (exact) mass is 495 g/mol. The summed E-state index contributed by atoms with van der Waals surface area (Å²) in [6.45, 7) is 0. The minimum atomic E-state index is -0.403. The lowest BCUT2D eigenvalue weighted by Gasteiger charge is -2.15. The first-order chi connectivity index (χ1) is 17.6. The standard InChI is InChI=1S/C28H22ClN5O2/c29-21-14-18(13-17-9-6-12-30-23(17)21)25-24(16-7-2-1-3-8-16)34-27-26(33-25)20(15-22(35)32-27)28(36)31-19-10-4-5-11-19/h1-3,6-9,12-15,19H,4-5,10-11H2,(H,31,36)(H,32,34,35). The van der Waals surface area contributed by atoms with Crippen molar-refractivity contribution in [1.29, 1.82) is 0 Å². The van der Waals surface area contributed by atoms with Gasteiger partial charge in [-0.1, -0.05) is 60.8 Å². The van der Waals surface area contributed by atoms with Gasteiger partial charge in [-0.2, -0.15) is 0 Å². The molecule has 1 aliphatic carbocycles. The van der Waals surface area contributed by atoms with Gasteiger partial charge < -0.3 is 10.3 Å². The summed E-state index contributed by atoms with van der Waals surface area (Å²) in [4.78, 5) is 42.6. The van der Waals surface area contributed by atoms with Crippen LogP contribution in [0.3, 0.4) is 0 Å². The van der Waals surface area contributed by atoms with E-state index in [0.717, 1.165) is 42.2 Å². The first-order valence-electron chi connectivity index (χ1n) is 11.9. The second-order valence-corrected chi connectivity index (χ2v) is 9.43. The Bertz CT molecular complexity index is 1680. The quantitative estimate of drug-likeness (QED) is 0.341. The number of H-pyrrole nitrogens is 1. The molecule has 7 nitrogen and oxygen atoms in total. The maximum Gasteiger partial charge on any atom is 0.254 e. The molecule has 8 heteroatoms. The van der Waals surface area contributed by atoms with Crippen LogP contribution >= 0.6 is 11.6 Å². The highest BCUT2D eigenvalue weighted by Gasteiger charge is 2.23. The van der Waals surface area contributed by atoms with E-state index in [1.54, 1.807) is 6.20 Å². The third kappa shape index (κ3) is 4.12. The van der Waals surface area contributed by atoms with Crippen molar-refractivity contribution < 1.29 is 4.79 Å². The lowest BCUT2D eigenvalue weighted by Crippen LogP contribution is -2.33. The normalized spacial score (nSPS) is 13.9. The zero-order valence-corrected chi connectivity index (χ0v) is 20.0. The molecule has 5 aromatic rings. The van der Waals surface area contributed by atoms with Gasteiger partial charge in [-0.05, 0) is 31.0 Å². The molecule has 178 valence electrons. The summed E-state index contributed by atoms with van der Waals surface area (Å²) in [5.41, 5.74) is 3.79. The van der Waals surface area contributed by atoms with Crippen molar-refractivity contribution in [2.24, 2.45) is 0 Å². The van der Waals surface area contributed by atoms with Crippen LogP contribution in [0.2, 0.25) is 5.02 Å². The van der Waals surface area contributed by atoms with Crippen molar-refractivity contribution in [2.75, 3.05) is 0 Å². The van der Waals surface area contributed by atoms with Gasteiger partial charge in [0.25, 0.3) is 5.91 Å². The number of rotatable bonds is 4. The summed E-state index contributed by atoms with van der Waals surface area (Å²) in [6.07, 6.45) is 5.74. The molecule has 1 fully saturated rings. The number of aromatic amines is 1. The zero-order valence-electron chi connectivity index (χ0n) is 19.3. The number of benzene rings is 2. The van der Waals surface area contributed by atoms with E-state index in [4.69, 9.17) is 21.6 Å². The van der Waals surface area contributed by atoms with Gasteiger partial charge in [0.1, 0.15) is 5.52 Å². The lowest BCUT2D eigenvalue weighted by atomic mass is 10.0. The van der Waals surface area contributed by atoms with Crippen LogP contribution in [0, 0.1) is 0 Å². The lowest BCUT2D eigenvalue weighted by molar-refractivity contribution is 0.0939. The average Bonchev–Trinajstić information content (AvgIpc) is 3.41. The molecule has 36 heavy (non-hydrogen) atoms. The highest BCUT2D eigenvalue weighted by molar-refractivity contribution is 6.35. The second kappa shape index (κ2) is 9.17. The molecule has 0 aliphatic heterocycles. The first-order valence-corrected chi connectivity index (χ1v) is 12.3. The number of nitrogens with zero attached hydrogens (tertiary/aromatic N) is 3. The van der Waals surface area contributed by atoms with Gasteiger partial charge in [-0.15, -0.1) is 0 Å². The van der Waals surface area contributed by atoms with E-state index in [1.165, 1.54) is 6.07 Å². The maximum atomic E-state index is 13.2. The second-order valence-electron chi connectivity index (χ2n) is 9.02. The number of hydrogen-bond acceptors (Lipinski definition) is 5. The van der Waals surface area contributed by atoms with E-state index in [-0.39, 0.29) is 23.2 Å². The molecule has 6 rings (SSSR count). The molecule has 0 saturated heterocycles. The van der Waals surface area contributed by atoms with Crippen molar-refractivity contribution >= 4 is 39.6 Å². The average molecular weight is 496 g/mol. The van der Waals surface area contributed by atoms with Crippen LogP contribution in [-0.4, -0.2) is 31.9 Å².